The lowest BCUT2D eigenvalue weighted by atomic mass is 10.2. The van der Waals surface area contributed by atoms with E-state index in [2.05, 4.69) is 35.8 Å². The highest BCUT2D eigenvalue weighted by Gasteiger charge is 2.06. The number of nitrogens with one attached hydrogen (secondary N) is 1. The van der Waals surface area contributed by atoms with Crippen LogP contribution in [0.25, 0.3) is 0 Å². The molecule has 0 unspecified atom stereocenters. The van der Waals surface area contributed by atoms with Gasteiger partial charge in [-0.2, -0.15) is 0 Å². The molecule has 4 heteroatoms. The summed E-state index contributed by atoms with van der Waals surface area (Å²) < 4.78 is 11.2. The minimum atomic E-state index is 0.583. The van der Waals surface area contributed by atoms with Crippen LogP contribution < -0.4 is 14.8 Å². The van der Waals surface area contributed by atoms with Gasteiger partial charge in [-0.25, -0.2) is 0 Å². The van der Waals surface area contributed by atoms with Crippen molar-refractivity contribution in [3.8, 4) is 11.5 Å². The molecule has 0 saturated heterocycles. The maximum absolute atomic E-state index is 5.88. The molecule has 0 bridgehead atoms. The molecule has 1 aromatic carbocycles. The Kier molecular flexibility index (Phi) is 5.89. The number of hydrogen-bond acceptors (Lipinski definition) is 4. The first kappa shape index (κ1) is 14.9. The fourth-order valence-electron chi connectivity index (χ4n) is 1.90. The lowest BCUT2D eigenvalue weighted by Gasteiger charge is -2.12. The van der Waals surface area contributed by atoms with Crippen LogP contribution in [0.2, 0.25) is 0 Å². The van der Waals surface area contributed by atoms with E-state index >= 15 is 0 Å². The van der Waals surface area contributed by atoms with Crippen LogP contribution in [0.4, 0.5) is 0 Å². The summed E-state index contributed by atoms with van der Waals surface area (Å²) in [7, 11) is 1.67. The van der Waals surface area contributed by atoms with E-state index in [-0.39, 0.29) is 0 Å². The van der Waals surface area contributed by atoms with Crippen LogP contribution in [0.1, 0.15) is 23.8 Å². The maximum Gasteiger partial charge on any atom is 0.162 e. The van der Waals surface area contributed by atoms with E-state index in [0.29, 0.717) is 6.61 Å². The van der Waals surface area contributed by atoms with E-state index in [1.165, 1.54) is 10.4 Å². The number of rotatable bonds is 8. The van der Waals surface area contributed by atoms with Crippen molar-refractivity contribution in [2.45, 2.75) is 26.5 Å². The van der Waals surface area contributed by atoms with Gasteiger partial charge in [0.2, 0.25) is 0 Å². The molecule has 1 heterocycles. The number of benzene rings is 1. The number of hydrogen-bond donors (Lipinski definition) is 1. The van der Waals surface area contributed by atoms with Crippen molar-refractivity contribution < 1.29 is 9.47 Å². The highest BCUT2D eigenvalue weighted by molar-refractivity contribution is 7.09. The lowest BCUT2D eigenvalue weighted by Crippen LogP contribution is -2.13. The number of ether oxygens (including phenoxy) is 2. The Hall–Kier alpha value is -1.52. The van der Waals surface area contributed by atoms with Gasteiger partial charge in [0.05, 0.1) is 7.11 Å². The molecule has 20 heavy (non-hydrogen) atoms. The number of methoxy groups -OCH3 is 1. The van der Waals surface area contributed by atoms with Gasteiger partial charge in [-0.15, -0.1) is 11.3 Å². The molecular formula is C16H21NO2S. The molecule has 0 aliphatic rings. The molecular weight excluding hydrogens is 270 g/mol. The van der Waals surface area contributed by atoms with E-state index in [9.17, 15) is 0 Å². The van der Waals surface area contributed by atoms with Crippen molar-refractivity contribution in [3.05, 3.63) is 46.2 Å². The molecule has 0 atom stereocenters. The third kappa shape index (κ3) is 4.25. The molecule has 108 valence electrons. The van der Waals surface area contributed by atoms with Crippen LogP contribution in [-0.4, -0.2) is 13.7 Å². The average Bonchev–Trinajstić information content (AvgIpc) is 2.99. The summed E-state index contributed by atoms with van der Waals surface area (Å²) in [6.07, 6.45) is 1.14. The highest BCUT2D eigenvalue weighted by Crippen LogP contribution is 2.29. The molecule has 3 nitrogen and oxygen atoms in total. The normalized spacial score (nSPS) is 10.5. The molecule has 0 saturated carbocycles. The van der Waals surface area contributed by atoms with E-state index in [1.54, 1.807) is 18.4 Å². The first-order valence-corrected chi connectivity index (χ1v) is 7.74. The van der Waals surface area contributed by atoms with Crippen molar-refractivity contribution in [1.29, 1.82) is 0 Å². The van der Waals surface area contributed by atoms with E-state index < -0.39 is 0 Å². The Morgan fingerprint density at radius 1 is 1.20 bits per heavy atom. The van der Waals surface area contributed by atoms with Gasteiger partial charge in [0.1, 0.15) is 6.61 Å². The molecule has 0 amide bonds. The Morgan fingerprint density at radius 2 is 2.10 bits per heavy atom. The second-order valence-electron chi connectivity index (χ2n) is 4.53. The zero-order chi connectivity index (χ0) is 14.2. The van der Waals surface area contributed by atoms with E-state index in [4.69, 9.17) is 9.47 Å². The Labute approximate surface area is 124 Å². The second kappa shape index (κ2) is 7.92. The minimum Gasteiger partial charge on any atom is -0.493 e. The maximum atomic E-state index is 5.88. The summed E-state index contributed by atoms with van der Waals surface area (Å²) in [4.78, 5) is 1.21. The molecule has 1 aromatic heterocycles. The lowest BCUT2D eigenvalue weighted by molar-refractivity contribution is 0.287. The van der Waals surface area contributed by atoms with Gasteiger partial charge in [-0.3, -0.25) is 0 Å². The third-order valence-corrected chi connectivity index (χ3v) is 3.78. The molecule has 1 N–H and O–H groups in total. The van der Waals surface area contributed by atoms with Gasteiger partial charge in [0.25, 0.3) is 0 Å². The second-order valence-corrected chi connectivity index (χ2v) is 5.56. The Balaban J connectivity index is 2.02. The summed E-state index contributed by atoms with van der Waals surface area (Å²) in [5.41, 5.74) is 1.21. The third-order valence-electron chi connectivity index (χ3n) is 2.93. The predicted octanol–water partition coefficient (Wildman–Crippen LogP) is 3.84. The van der Waals surface area contributed by atoms with Gasteiger partial charge >= 0.3 is 0 Å². The van der Waals surface area contributed by atoms with Gasteiger partial charge in [0, 0.05) is 11.4 Å². The molecule has 0 fully saturated rings. The first-order valence-electron chi connectivity index (χ1n) is 6.86. The first-order chi connectivity index (χ1) is 9.83. The van der Waals surface area contributed by atoms with Crippen molar-refractivity contribution in [2.75, 3.05) is 13.7 Å². The minimum absolute atomic E-state index is 0.583. The standard InChI is InChI=1S/C16H21NO2S/c1-3-8-17-11-13-6-7-15(18-2)16(10-13)19-12-14-5-4-9-20-14/h4-7,9-10,17H,3,8,11-12H2,1-2H3. The number of thiophene rings is 1. The monoisotopic (exact) mass is 291 g/mol. The molecule has 0 aliphatic carbocycles. The molecule has 0 radical (unpaired) electrons. The average molecular weight is 291 g/mol. The predicted molar refractivity (Wildman–Crippen MR) is 83.6 cm³/mol. The van der Waals surface area contributed by atoms with Crippen molar-refractivity contribution in [3.63, 3.8) is 0 Å². The van der Waals surface area contributed by atoms with E-state index in [1.807, 2.05) is 12.1 Å². The largest absolute Gasteiger partial charge is 0.493 e. The fourth-order valence-corrected chi connectivity index (χ4v) is 2.51. The van der Waals surface area contributed by atoms with E-state index in [0.717, 1.165) is 31.0 Å². The Morgan fingerprint density at radius 3 is 2.80 bits per heavy atom. The topological polar surface area (TPSA) is 30.5 Å². The zero-order valence-corrected chi connectivity index (χ0v) is 12.8. The molecule has 0 aliphatic heterocycles. The summed E-state index contributed by atoms with van der Waals surface area (Å²) in [6.45, 7) is 4.63. The SMILES string of the molecule is CCCNCc1ccc(OC)c(OCc2cccs2)c1. The van der Waals surface area contributed by atoms with Gasteiger partial charge in [0.15, 0.2) is 11.5 Å². The van der Waals surface area contributed by atoms with Crippen molar-refractivity contribution >= 4 is 11.3 Å². The van der Waals surface area contributed by atoms with Crippen molar-refractivity contribution in [1.82, 2.24) is 5.32 Å². The highest BCUT2D eigenvalue weighted by atomic mass is 32.1. The van der Waals surface area contributed by atoms with Crippen LogP contribution in [0.5, 0.6) is 11.5 Å². The van der Waals surface area contributed by atoms with Crippen LogP contribution in [0.15, 0.2) is 35.7 Å². The summed E-state index contributed by atoms with van der Waals surface area (Å²) in [5.74, 6) is 1.58. The molecule has 2 rings (SSSR count). The smallest absolute Gasteiger partial charge is 0.162 e. The molecule has 0 spiro atoms. The summed E-state index contributed by atoms with van der Waals surface area (Å²) in [6, 6.07) is 10.2. The van der Waals surface area contributed by atoms with Gasteiger partial charge in [-0.05, 0) is 42.1 Å². The van der Waals surface area contributed by atoms with Crippen LogP contribution in [-0.2, 0) is 13.2 Å². The van der Waals surface area contributed by atoms with Gasteiger partial charge in [-0.1, -0.05) is 19.1 Å². The quantitative estimate of drug-likeness (QED) is 0.750. The fraction of sp³-hybridized carbons (Fsp3) is 0.375. The van der Waals surface area contributed by atoms with Crippen LogP contribution in [0.3, 0.4) is 0 Å². The van der Waals surface area contributed by atoms with Crippen LogP contribution in [0, 0.1) is 0 Å². The zero-order valence-electron chi connectivity index (χ0n) is 12.0. The van der Waals surface area contributed by atoms with Gasteiger partial charge < -0.3 is 14.8 Å². The van der Waals surface area contributed by atoms with Crippen LogP contribution >= 0.6 is 11.3 Å². The Bertz CT molecular complexity index is 511. The molecule has 2 aromatic rings. The summed E-state index contributed by atoms with van der Waals surface area (Å²) >= 11 is 1.70. The van der Waals surface area contributed by atoms with Crippen molar-refractivity contribution in [2.24, 2.45) is 0 Å². The summed E-state index contributed by atoms with van der Waals surface area (Å²) in [5, 5.41) is 5.45.